The molecule has 124 valence electrons. The Labute approximate surface area is 137 Å². The van der Waals surface area contributed by atoms with Crippen molar-refractivity contribution in [1.82, 2.24) is 10.2 Å². The molecule has 0 spiro atoms. The van der Waals surface area contributed by atoms with Crippen molar-refractivity contribution in [2.24, 2.45) is 5.92 Å². The summed E-state index contributed by atoms with van der Waals surface area (Å²) >= 11 is 0. The van der Waals surface area contributed by atoms with Gasteiger partial charge in [-0.2, -0.15) is 0 Å². The smallest absolute Gasteiger partial charge is 0.224 e. The van der Waals surface area contributed by atoms with E-state index in [1.165, 1.54) is 0 Å². The van der Waals surface area contributed by atoms with Crippen LogP contribution in [0.1, 0.15) is 29.6 Å². The van der Waals surface area contributed by atoms with E-state index in [4.69, 9.17) is 4.74 Å². The molecule has 5 nitrogen and oxygen atoms in total. The number of carbonyl (C=O) groups excluding carboxylic acids is 2. The molecule has 5 heteroatoms. The second kappa shape index (κ2) is 7.70. The third-order valence-corrected chi connectivity index (χ3v) is 4.70. The van der Waals surface area contributed by atoms with Crippen molar-refractivity contribution in [3.63, 3.8) is 0 Å². The molecule has 0 bridgehead atoms. The molecule has 0 unspecified atom stereocenters. The summed E-state index contributed by atoms with van der Waals surface area (Å²) in [5.74, 6) is 0.413. The number of nitrogens with one attached hydrogen (secondary N) is 1. The molecule has 2 heterocycles. The van der Waals surface area contributed by atoms with Crippen LogP contribution in [0.4, 0.5) is 0 Å². The first-order valence-corrected chi connectivity index (χ1v) is 8.42. The Morgan fingerprint density at radius 3 is 2.57 bits per heavy atom. The topological polar surface area (TPSA) is 58.6 Å². The van der Waals surface area contributed by atoms with Crippen molar-refractivity contribution in [2.45, 2.75) is 25.3 Å². The molecule has 0 radical (unpaired) electrons. The summed E-state index contributed by atoms with van der Waals surface area (Å²) in [6, 6.07) is 9.57. The van der Waals surface area contributed by atoms with Gasteiger partial charge in [0, 0.05) is 43.6 Å². The monoisotopic (exact) mass is 316 g/mol. The van der Waals surface area contributed by atoms with Crippen molar-refractivity contribution in [3.05, 3.63) is 35.9 Å². The minimum atomic E-state index is 0.0394. The van der Waals surface area contributed by atoms with E-state index in [2.05, 4.69) is 5.32 Å². The van der Waals surface area contributed by atoms with Crippen LogP contribution >= 0.6 is 0 Å². The quantitative estimate of drug-likeness (QED) is 0.855. The van der Waals surface area contributed by atoms with Gasteiger partial charge >= 0.3 is 0 Å². The Morgan fingerprint density at radius 2 is 1.91 bits per heavy atom. The molecule has 1 amide bonds. The predicted octanol–water partition coefficient (Wildman–Crippen LogP) is 1.49. The standard InChI is InChI=1S/C18H24N2O3/c21-17(12-16-13-23-11-8-19-16)20-9-6-15(7-10-20)18(22)14-4-2-1-3-5-14/h1-5,15-16,19H,6-13H2/t16-/m1/s1. The van der Waals surface area contributed by atoms with Gasteiger partial charge in [0.05, 0.1) is 13.2 Å². The number of rotatable bonds is 4. The van der Waals surface area contributed by atoms with Crippen molar-refractivity contribution in [1.29, 1.82) is 0 Å². The molecule has 2 saturated heterocycles. The third-order valence-electron chi connectivity index (χ3n) is 4.70. The minimum Gasteiger partial charge on any atom is -0.378 e. The molecule has 1 N–H and O–H groups in total. The van der Waals surface area contributed by atoms with Crippen molar-refractivity contribution >= 4 is 11.7 Å². The van der Waals surface area contributed by atoms with Crippen LogP contribution in [0.5, 0.6) is 0 Å². The van der Waals surface area contributed by atoms with Gasteiger partial charge in [0.1, 0.15) is 0 Å². The average Bonchev–Trinajstić information content (AvgIpc) is 2.63. The highest BCUT2D eigenvalue weighted by Gasteiger charge is 2.29. The number of hydrogen-bond donors (Lipinski definition) is 1. The van der Waals surface area contributed by atoms with Crippen molar-refractivity contribution in [3.8, 4) is 0 Å². The number of piperidine rings is 1. The van der Waals surface area contributed by atoms with Crippen LogP contribution in [0.2, 0.25) is 0 Å². The van der Waals surface area contributed by atoms with Crippen LogP contribution in [-0.4, -0.2) is 55.5 Å². The summed E-state index contributed by atoms with van der Waals surface area (Å²) in [7, 11) is 0. The summed E-state index contributed by atoms with van der Waals surface area (Å²) < 4.78 is 5.39. The molecule has 0 aromatic heterocycles. The minimum absolute atomic E-state index is 0.0394. The number of benzene rings is 1. The fraction of sp³-hybridized carbons (Fsp3) is 0.556. The summed E-state index contributed by atoms with van der Waals surface area (Å²) in [6.45, 7) is 3.49. The summed E-state index contributed by atoms with van der Waals surface area (Å²) in [5, 5.41) is 3.31. The lowest BCUT2D eigenvalue weighted by molar-refractivity contribution is -0.133. The van der Waals surface area contributed by atoms with E-state index in [0.29, 0.717) is 26.1 Å². The number of ether oxygens (including phenoxy) is 1. The second-order valence-electron chi connectivity index (χ2n) is 6.32. The van der Waals surface area contributed by atoms with Crippen LogP contribution < -0.4 is 5.32 Å². The van der Waals surface area contributed by atoms with Crippen LogP contribution in [0, 0.1) is 5.92 Å². The van der Waals surface area contributed by atoms with Crippen LogP contribution in [0.15, 0.2) is 30.3 Å². The van der Waals surface area contributed by atoms with Crippen molar-refractivity contribution in [2.75, 3.05) is 32.8 Å². The Hall–Kier alpha value is -1.72. The van der Waals surface area contributed by atoms with Gasteiger partial charge in [0.15, 0.2) is 5.78 Å². The largest absolute Gasteiger partial charge is 0.378 e. The highest BCUT2D eigenvalue weighted by molar-refractivity contribution is 5.98. The lowest BCUT2D eigenvalue weighted by Crippen LogP contribution is -2.47. The van der Waals surface area contributed by atoms with Crippen LogP contribution in [0.25, 0.3) is 0 Å². The lowest BCUT2D eigenvalue weighted by Gasteiger charge is -2.33. The predicted molar refractivity (Wildman–Crippen MR) is 87.3 cm³/mol. The fourth-order valence-electron chi connectivity index (χ4n) is 3.32. The van der Waals surface area contributed by atoms with Gasteiger partial charge in [0.2, 0.25) is 5.91 Å². The molecule has 2 aliphatic rings. The van der Waals surface area contributed by atoms with Crippen LogP contribution in [-0.2, 0) is 9.53 Å². The van der Waals surface area contributed by atoms with E-state index in [0.717, 1.165) is 31.6 Å². The Balaban J connectivity index is 1.48. The molecule has 23 heavy (non-hydrogen) atoms. The zero-order valence-corrected chi connectivity index (χ0v) is 13.4. The zero-order valence-electron chi connectivity index (χ0n) is 13.4. The number of hydrogen-bond acceptors (Lipinski definition) is 4. The van der Waals surface area contributed by atoms with Gasteiger partial charge < -0.3 is 15.0 Å². The van der Waals surface area contributed by atoms with E-state index < -0.39 is 0 Å². The molecule has 1 aromatic carbocycles. The fourth-order valence-corrected chi connectivity index (χ4v) is 3.32. The molecule has 2 aliphatic heterocycles. The molecule has 1 aromatic rings. The molecular formula is C18H24N2O3. The number of morpholine rings is 1. The molecule has 2 fully saturated rings. The van der Waals surface area contributed by atoms with E-state index in [9.17, 15) is 9.59 Å². The van der Waals surface area contributed by atoms with Gasteiger partial charge in [-0.25, -0.2) is 0 Å². The second-order valence-corrected chi connectivity index (χ2v) is 6.32. The van der Waals surface area contributed by atoms with E-state index in [1.54, 1.807) is 0 Å². The maximum atomic E-state index is 12.5. The number of ketones is 1. The molecule has 3 rings (SSSR count). The molecule has 0 aliphatic carbocycles. The number of amides is 1. The summed E-state index contributed by atoms with van der Waals surface area (Å²) in [4.78, 5) is 26.7. The Morgan fingerprint density at radius 1 is 1.17 bits per heavy atom. The normalized spacial score (nSPS) is 22.8. The highest BCUT2D eigenvalue weighted by atomic mass is 16.5. The van der Waals surface area contributed by atoms with Gasteiger partial charge in [-0.3, -0.25) is 9.59 Å². The maximum Gasteiger partial charge on any atom is 0.224 e. The molecule has 0 saturated carbocycles. The first kappa shape index (κ1) is 16.1. The number of carbonyl (C=O) groups is 2. The zero-order chi connectivity index (χ0) is 16.1. The first-order valence-electron chi connectivity index (χ1n) is 8.42. The third kappa shape index (κ3) is 4.18. The van der Waals surface area contributed by atoms with Crippen LogP contribution in [0.3, 0.4) is 0 Å². The average molecular weight is 316 g/mol. The number of nitrogens with zero attached hydrogens (tertiary/aromatic N) is 1. The van der Waals surface area contributed by atoms with Gasteiger partial charge in [0.25, 0.3) is 0 Å². The summed E-state index contributed by atoms with van der Waals surface area (Å²) in [6.07, 6.45) is 2.00. The van der Waals surface area contributed by atoms with Crippen molar-refractivity contribution < 1.29 is 14.3 Å². The highest BCUT2D eigenvalue weighted by Crippen LogP contribution is 2.22. The van der Waals surface area contributed by atoms with E-state index in [1.807, 2.05) is 35.2 Å². The lowest BCUT2D eigenvalue weighted by atomic mass is 9.88. The Kier molecular flexibility index (Phi) is 5.41. The molecule has 1 atom stereocenters. The number of Topliss-reactive ketones (excluding diaryl/α,β-unsaturated/α-hetero) is 1. The maximum absolute atomic E-state index is 12.5. The first-order chi connectivity index (χ1) is 11.2. The van der Waals surface area contributed by atoms with E-state index in [-0.39, 0.29) is 23.7 Å². The van der Waals surface area contributed by atoms with Gasteiger partial charge in [-0.05, 0) is 12.8 Å². The van der Waals surface area contributed by atoms with E-state index >= 15 is 0 Å². The summed E-state index contributed by atoms with van der Waals surface area (Å²) in [5.41, 5.74) is 0.779. The number of likely N-dealkylation sites (tertiary alicyclic amines) is 1. The molecular weight excluding hydrogens is 292 g/mol. The SMILES string of the molecule is O=C(c1ccccc1)C1CCN(C(=O)C[C@@H]2COCCN2)CC1. The van der Waals surface area contributed by atoms with Gasteiger partial charge in [-0.1, -0.05) is 30.3 Å². The Bertz CT molecular complexity index is 532. The van der Waals surface area contributed by atoms with Gasteiger partial charge in [-0.15, -0.1) is 0 Å².